The van der Waals surface area contributed by atoms with Crippen molar-refractivity contribution in [2.75, 3.05) is 25.5 Å². The average Bonchev–Trinajstić information content (AvgIpc) is 3.18. The van der Waals surface area contributed by atoms with Crippen molar-refractivity contribution in [3.05, 3.63) is 39.8 Å². The molecule has 1 aliphatic heterocycles. The first-order valence-corrected chi connectivity index (χ1v) is 12.6. The Hall–Kier alpha value is -2.67. The molecule has 2 aliphatic rings. The quantitative estimate of drug-likeness (QED) is 0.593. The van der Waals surface area contributed by atoms with E-state index in [-0.39, 0.29) is 5.56 Å². The van der Waals surface area contributed by atoms with E-state index in [4.69, 9.17) is 10.1 Å². The second kappa shape index (κ2) is 9.29. The second-order valence-electron chi connectivity index (χ2n) is 9.88. The zero-order valence-electron chi connectivity index (χ0n) is 20.2. The van der Waals surface area contributed by atoms with Crippen LogP contribution < -0.4 is 10.9 Å². The summed E-state index contributed by atoms with van der Waals surface area (Å²) in [6.07, 6.45) is 9.05. The number of fused-ring (bicyclic) bond motifs is 1. The summed E-state index contributed by atoms with van der Waals surface area (Å²) in [5.41, 5.74) is 5.44. The number of nitrogens with zero attached hydrogens (tertiary/aromatic N) is 4. The van der Waals surface area contributed by atoms with Crippen LogP contribution in [0.5, 0.6) is 0 Å². The molecule has 7 nitrogen and oxygen atoms in total. The van der Waals surface area contributed by atoms with E-state index >= 15 is 0 Å². The van der Waals surface area contributed by atoms with Gasteiger partial charge in [-0.15, -0.1) is 0 Å². The topological polar surface area (TPSA) is 78.8 Å². The van der Waals surface area contributed by atoms with Gasteiger partial charge in [0.25, 0.3) is 5.56 Å². The molecule has 0 atom stereocenters. The highest BCUT2D eigenvalue weighted by Crippen LogP contribution is 2.31. The van der Waals surface area contributed by atoms with Crippen LogP contribution in [0.4, 0.5) is 5.69 Å². The Kier molecular flexibility index (Phi) is 6.23. The molecular formula is C26H36N6O. The van der Waals surface area contributed by atoms with Crippen LogP contribution in [0.1, 0.15) is 69.2 Å². The number of nitrogens with one attached hydrogen (secondary N) is 2. The smallest absolute Gasteiger partial charge is 0.277 e. The lowest BCUT2D eigenvalue weighted by Crippen LogP contribution is -2.36. The van der Waals surface area contributed by atoms with Crippen molar-refractivity contribution in [1.82, 2.24) is 24.6 Å². The molecule has 0 unspecified atom stereocenters. The number of aromatic nitrogens is 4. The van der Waals surface area contributed by atoms with Gasteiger partial charge in [-0.05, 0) is 82.9 Å². The molecule has 33 heavy (non-hydrogen) atoms. The summed E-state index contributed by atoms with van der Waals surface area (Å²) >= 11 is 0. The predicted octanol–water partition coefficient (Wildman–Crippen LogP) is 4.67. The van der Waals surface area contributed by atoms with E-state index in [2.05, 4.69) is 47.4 Å². The standard InChI is InChI=1S/C26H36N6O/c1-4-18-16-20(27-19-12-14-31(3)15-13-19)10-11-22(18)25-28-23-17(2)30-32(24(23)26(33)29-25)21-8-6-5-7-9-21/h10-11,16,19,21,27H,4-9,12-15H2,1-3H3,(H,28,29,33). The van der Waals surface area contributed by atoms with Gasteiger partial charge in [0.1, 0.15) is 11.3 Å². The van der Waals surface area contributed by atoms with E-state index < -0.39 is 0 Å². The predicted molar refractivity (Wildman–Crippen MR) is 134 cm³/mol. The maximum Gasteiger partial charge on any atom is 0.277 e. The van der Waals surface area contributed by atoms with Crippen LogP contribution in [0.25, 0.3) is 22.4 Å². The fraction of sp³-hybridized carbons (Fsp3) is 0.577. The third-order valence-corrected chi connectivity index (χ3v) is 7.48. The zero-order chi connectivity index (χ0) is 22.9. The number of hydrogen-bond donors (Lipinski definition) is 2. The summed E-state index contributed by atoms with van der Waals surface area (Å²) in [6.45, 7) is 6.39. The highest BCUT2D eigenvalue weighted by Gasteiger charge is 2.23. The third kappa shape index (κ3) is 4.43. The summed E-state index contributed by atoms with van der Waals surface area (Å²) < 4.78 is 1.95. The van der Waals surface area contributed by atoms with Crippen molar-refractivity contribution in [3.8, 4) is 11.4 Å². The number of piperidine rings is 1. The first-order valence-electron chi connectivity index (χ1n) is 12.6. The number of aryl methyl sites for hydroxylation is 2. The Bertz CT molecular complexity index is 1180. The molecule has 0 radical (unpaired) electrons. The van der Waals surface area contributed by atoms with E-state index in [0.717, 1.165) is 67.7 Å². The van der Waals surface area contributed by atoms with Gasteiger partial charge in [0.05, 0.1) is 11.7 Å². The van der Waals surface area contributed by atoms with Crippen molar-refractivity contribution in [2.24, 2.45) is 0 Å². The van der Waals surface area contributed by atoms with Gasteiger partial charge in [-0.3, -0.25) is 9.48 Å². The first-order chi connectivity index (χ1) is 16.0. The van der Waals surface area contributed by atoms with Gasteiger partial charge in [-0.25, -0.2) is 4.98 Å². The van der Waals surface area contributed by atoms with Gasteiger partial charge in [0.15, 0.2) is 5.52 Å². The number of anilines is 1. The monoisotopic (exact) mass is 448 g/mol. The van der Waals surface area contributed by atoms with Crippen LogP contribution in [0.2, 0.25) is 0 Å². The van der Waals surface area contributed by atoms with Gasteiger partial charge in [-0.1, -0.05) is 26.2 Å². The minimum atomic E-state index is -0.0863. The van der Waals surface area contributed by atoms with E-state index in [1.165, 1.54) is 24.8 Å². The lowest BCUT2D eigenvalue weighted by molar-refractivity contribution is 0.264. The minimum absolute atomic E-state index is 0.0863. The number of aromatic amines is 1. The Morgan fingerprint density at radius 2 is 1.88 bits per heavy atom. The number of H-pyrrole nitrogens is 1. The van der Waals surface area contributed by atoms with Crippen molar-refractivity contribution < 1.29 is 0 Å². The van der Waals surface area contributed by atoms with E-state index in [1.807, 2.05) is 11.6 Å². The molecule has 3 aromatic rings. The summed E-state index contributed by atoms with van der Waals surface area (Å²) in [4.78, 5) is 23.6. The number of benzene rings is 1. The summed E-state index contributed by atoms with van der Waals surface area (Å²) in [5, 5.41) is 8.47. The van der Waals surface area contributed by atoms with Crippen LogP contribution in [0.3, 0.4) is 0 Å². The first kappa shape index (κ1) is 22.1. The highest BCUT2D eigenvalue weighted by molar-refractivity contribution is 5.79. The van der Waals surface area contributed by atoms with Gasteiger partial charge in [0, 0.05) is 17.3 Å². The van der Waals surface area contributed by atoms with Crippen molar-refractivity contribution in [1.29, 1.82) is 0 Å². The Labute approximate surface area is 195 Å². The summed E-state index contributed by atoms with van der Waals surface area (Å²) in [5.74, 6) is 0.640. The molecule has 2 aromatic heterocycles. The molecule has 5 rings (SSSR count). The van der Waals surface area contributed by atoms with E-state index in [0.29, 0.717) is 23.4 Å². The van der Waals surface area contributed by atoms with E-state index in [9.17, 15) is 4.79 Å². The van der Waals surface area contributed by atoms with Crippen molar-refractivity contribution in [2.45, 2.75) is 77.3 Å². The molecule has 1 aromatic carbocycles. The highest BCUT2D eigenvalue weighted by atomic mass is 16.1. The van der Waals surface area contributed by atoms with Crippen molar-refractivity contribution in [3.63, 3.8) is 0 Å². The van der Waals surface area contributed by atoms with Gasteiger partial charge < -0.3 is 15.2 Å². The summed E-state index contributed by atoms with van der Waals surface area (Å²) in [7, 11) is 2.19. The van der Waals surface area contributed by atoms with Crippen LogP contribution in [0.15, 0.2) is 23.0 Å². The van der Waals surface area contributed by atoms with Gasteiger partial charge in [-0.2, -0.15) is 5.10 Å². The molecule has 1 saturated heterocycles. The van der Waals surface area contributed by atoms with Crippen molar-refractivity contribution >= 4 is 16.7 Å². The van der Waals surface area contributed by atoms with Crippen LogP contribution in [-0.2, 0) is 6.42 Å². The number of hydrogen-bond acceptors (Lipinski definition) is 5. The second-order valence-corrected chi connectivity index (χ2v) is 9.88. The average molecular weight is 449 g/mol. The minimum Gasteiger partial charge on any atom is -0.382 e. The third-order valence-electron chi connectivity index (χ3n) is 7.48. The van der Waals surface area contributed by atoms with Gasteiger partial charge >= 0.3 is 0 Å². The van der Waals surface area contributed by atoms with E-state index in [1.54, 1.807) is 0 Å². The fourth-order valence-electron chi connectivity index (χ4n) is 5.50. The van der Waals surface area contributed by atoms with Crippen LogP contribution >= 0.6 is 0 Å². The number of rotatable bonds is 5. The molecule has 1 saturated carbocycles. The molecule has 0 amide bonds. The molecule has 2 N–H and O–H groups in total. The van der Waals surface area contributed by atoms with Crippen LogP contribution in [-0.4, -0.2) is 50.8 Å². The molecule has 1 aliphatic carbocycles. The lowest BCUT2D eigenvalue weighted by atomic mass is 9.95. The van der Waals surface area contributed by atoms with Crippen LogP contribution in [0, 0.1) is 6.92 Å². The summed E-state index contributed by atoms with van der Waals surface area (Å²) in [6, 6.07) is 7.26. The Morgan fingerprint density at radius 3 is 2.61 bits per heavy atom. The SMILES string of the molecule is CCc1cc(NC2CCN(C)CC2)ccc1-c1nc2c(C)nn(C3CCCCC3)c2c(=O)[nH]1. The maximum absolute atomic E-state index is 13.2. The largest absolute Gasteiger partial charge is 0.382 e. The fourth-order valence-corrected chi connectivity index (χ4v) is 5.50. The molecule has 0 bridgehead atoms. The maximum atomic E-state index is 13.2. The zero-order valence-corrected chi connectivity index (χ0v) is 20.2. The Balaban J connectivity index is 1.47. The van der Waals surface area contributed by atoms with Gasteiger partial charge in [0.2, 0.25) is 0 Å². The normalized spacial score (nSPS) is 18.8. The molecular weight excluding hydrogens is 412 g/mol. The molecule has 7 heteroatoms. The number of likely N-dealkylation sites (tertiary alicyclic amines) is 1. The molecule has 176 valence electrons. The lowest BCUT2D eigenvalue weighted by Gasteiger charge is -2.30. The Morgan fingerprint density at radius 1 is 1.12 bits per heavy atom. The molecule has 0 spiro atoms. The molecule has 3 heterocycles. The molecule has 2 fully saturated rings.